The zero-order valence-corrected chi connectivity index (χ0v) is 12.8. The highest BCUT2D eigenvalue weighted by Gasteiger charge is 2.24. The standard InChI is InChI=1S/C16H24ClNO2/c17-15-10-13(4-3-9-18-7-1-2-8-18)5-6-16(15)20-14-11-19-12-14/h5-6,13-14H,1-4,7-12H2. The molecule has 2 fully saturated rings. The Kier molecular flexibility index (Phi) is 5.03. The van der Waals surface area contributed by atoms with Crippen LogP contribution in [0.2, 0.25) is 0 Å². The van der Waals surface area contributed by atoms with Crippen LogP contribution in [0.5, 0.6) is 0 Å². The molecule has 0 saturated carbocycles. The highest BCUT2D eigenvalue weighted by molar-refractivity contribution is 6.30. The molecule has 0 amide bonds. The minimum atomic E-state index is 0.204. The Morgan fingerprint density at radius 1 is 1.30 bits per heavy atom. The second-order valence-electron chi connectivity index (χ2n) is 6.06. The molecule has 3 nitrogen and oxygen atoms in total. The lowest BCUT2D eigenvalue weighted by Crippen LogP contribution is -2.36. The van der Waals surface area contributed by atoms with E-state index in [4.69, 9.17) is 21.1 Å². The van der Waals surface area contributed by atoms with E-state index in [1.807, 2.05) is 0 Å². The summed E-state index contributed by atoms with van der Waals surface area (Å²) in [6.07, 6.45) is 10.7. The predicted octanol–water partition coefficient (Wildman–Crippen LogP) is 3.30. The molecule has 1 unspecified atom stereocenters. The summed E-state index contributed by atoms with van der Waals surface area (Å²) < 4.78 is 10.9. The lowest BCUT2D eigenvalue weighted by Gasteiger charge is -2.29. The topological polar surface area (TPSA) is 21.7 Å². The minimum Gasteiger partial charge on any atom is -0.484 e. The molecule has 0 radical (unpaired) electrons. The first-order valence-electron chi connectivity index (χ1n) is 7.85. The fraction of sp³-hybridized carbons (Fsp3) is 0.750. The van der Waals surface area contributed by atoms with Gasteiger partial charge in [-0.3, -0.25) is 0 Å². The van der Waals surface area contributed by atoms with Gasteiger partial charge in [0.25, 0.3) is 0 Å². The molecule has 0 aromatic rings. The van der Waals surface area contributed by atoms with Gasteiger partial charge in [0.2, 0.25) is 0 Å². The maximum atomic E-state index is 6.36. The van der Waals surface area contributed by atoms with Gasteiger partial charge in [0, 0.05) is 0 Å². The summed E-state index contributed by atoms with van der Waals surface area (Å²) in [5, 5.41) is 0.880. The maximum Gasteiger partial charge on any atom is 0.145 e. The average molecular weight is 298 g/mol. The van der Waals surface area contributed by atoms with Gasteiger partial charge < -0.3 is 14.4 Å². The fourth-order valence-electron chi connectivity index (χ4n) is 3.06. The van der Waals surface area contributed by atoms with Crippen LogP contribution in [0.1, 0.15) is 32.1 Å². The molecule has 1 aliphatic carbocycles. The Morgan fingerprint density at radius 3 is 2.75 bits per heavy atom. The average Bonchev–Trinajstić information content (AvgIpc) is 2.89. The zero-order valence-electron chi connectivity index (χ0n) is 12.0. The molecule has 0 bridgehead atoms. The Hall–Kier alpha value is -0.510. The number of allylic oxidation sites excluding steroid dienone is 3. The molecule has 1 atom stereocenters. The smallest absolute Gasteiger partial charge is 0.145 e. The molecular formula is C16H24ClNO2. The fourth-order valence-corrected chi connectivity index (χ4v) is 3.36. The summed E-state index contributed by atoms with van der Waals surface area (Å²) in [6.45, 7) is 5.22. The van der Waals surface area contributed by atoms with E-state index < -0.39 is 0 Å². The van der Waals surface area contributed by atoms with Gasteiger partial charge in [0.05, 0.1) is 18.2 Å². The van der Waals surface area contributed by atoms with Gasteiger partial charge in [-0.2, -0.15) is 0 Å². The van der Waals surface area contributed by atoms with Crippen molar-refractivity contribution in [3.05, 3.63) is 22.9 Å². The number of likely N-dealkylation sites (tertiary alicyclic amines) is 1. The summed E-state index contributed by atoms with van der Waals surface area (Å²) >= 11 is 6.36. The number of hydrogen-bond acceptors (Lipinski definition) is 3. The van der Waals surface area contributed by atoms with Gasteiger partial charge in [-0.1, -0.05) is 17.7 Å². The molecule has 0 aromatic heterocycles. The number of rotatable bonds is 6. The number of ether oxygens (including phenoxy) is 2. The monoisotopic (exact) mass is 297 g/mol. The number of halogens is 1. The van der Waals surface area contributed by atoms with E-state index in [2.05, 4.69) is 17.1 Å². The molecular weight excluding hydrogens is 274 g/mol. The van der Waals surface area contributed by atoms with Crippen LogP contribution in [-0.2, 0) is 9.47 Å². The molecule has 2 aliphatic heterocycles. The van der Waals surface area contributed by atoms with Gasteiger partial charge in [0.15, 0.2) is 0 Å². The number of hydrogen-bond donors (Lipinski definition) is 0. The molecule has 2 heterocycles. The third-order valence-electron chi connectivity index (χ3n) is 4.38. The largest absolute Gasteiger partial charge is 0.484 e. The molecule has 0 aromatic carbocycles. The van der Waals surface area contributed by atoms with E-state index in [-0.39, 0.29) is 6.10 Å². The first kappa shape index (κ1) is 14.4. The summed E-state index contributed by atoms with van der Waals surface area (Å²) in [7, 11) is 0. The van der Waals surface area contributed by atoms with Crippen molar-refractivity contribution in [1.29, 1.82) is 0 Å². The second-order valence-corrected chi connectivity index (χ2v) is 6.52. The molecule has 2 saturated heterocycles. The van der Waals surface area contributed by atoms with E-state index in [9.17, 15) is 0 Å². The minimum absolute atomic E-state index is 0.204. The maximum absolute atomic E-state index is 6.36. The van der Waals surface area contributed by atoms with E-state index >= 15 is 0 Å². The third kappa shape index (κ3) is 3.78. The Labute approximate surface area is 126 Å². The second kappa shape index (κ2) is 6.97. The van der Waals surface area contributed by atoms with Crippen molar-refractivity contribution in [2.45, 2.75) is 38.2 Å². The van der Waals surface area contributed by atoms with E-state index in [1.165, 1.54) is 45.3 Å². The van der Waals surface area contributed by atoms with Crippen molar-refractivity contribution in [2.24, 2.45) is 5.92 Å². The summed E-state index contributed by atoms with van der Waals surface area (Å²) in [4.78, 5) is 2.58. The quantitative estimate of drug-likeness (QED) is 0.751. The summed E-state index contributed by atoms with van der Waals surface area (Å²) in [6, 6.07) is 0. The molecule has 20 heavy (non-hydrogen) atoms. The highest BCUT2D eigenvalue weighted by Crippen LogP contribution is 2.31. The molecule has 0 spiro atoms. The predicted molar refractivity (Wildman–Crippen MR) is 80.7 cm³/mol. The molecule has 3 aliphatic rings. The molecule has 112 valence electrons. The van der Waals surface area contributed by atoms with Crippen molar-refractivity contribution in [3.63, 3.8) is 0 Å². The van der Waals surface area contributed by atoms with Gasteiger partial charge >= 0.3 is 0 Å². The first-order chi connectivity index (χ1) is 9.81. The summed E-state index contributed by atoms with van der Waals surface area (Å²) in [5.41, 5.74) is 0. The van der Waals surface area contributed by atoms with Crippen LogP contribution < -0.4 is 0 Å². The van der Waals surface area contributed by atoms with E-state index in [0.29, 0.717) is 19.1 Å². The van der Waals surface area contributed by atoms with Crippen LogP contribution in [0.4, 0.5) is 0 Å². The SMILES string of the molecule is ClC1=C(OC2COC2)C=CC(CCCN2CCCC2)C1. The van der Waals surface area contributed by atoms with Crippen LogP contribution in [0.25, 0.3) is 0 Å². The normalized spacial score (nSPS) is 27.9. The van der Waals surface area contributed by atoms with E-state index in [1.54, 1.807) is 0 Å². The van der Waals surface area contributed by atoms with Crippen molar-refractivity contribution >= 4 is 11.6 Å². The van der Waals surface area contributed by atoms with Crippen molar-refractivity contribution < 1.29 is 9.47 Å². The Morgan fingerprint density at radius 2 is 2.10 bits per heavy atom. The van der Waals surface area contributed by atoms with Crippen LogP contribution in [0.15, 0.2) is 22.9 Å². The molecule has 0 N–H and O–H groups in total. The van der Waals surface area contributed by atoms with Crippen LogP contribution in [0, 0.1) is 5.92 Å². The summed E-state index contributed by atoms with van der Waals surface area (Å²) in [5.74, 6) is 1.44. The van der Waals surface area contributed by atoms with Crippen LogP contribution >= 0.6 is 11.6 Å². The van der Waals surface area contributed by atoms with Crippen LogP contribution in [-0.4, -0.2) is 43.9 Å². The van der Waals surface area contributed by atoms with Gasteiger partial charge in [-0.15, -0.1) is 0 Å². The van der Waals surface area contributed by atoms with Gasteiger partial charge in [-0.05, 0) is 63.7 Å². The van der Waals surface area contributed by atoms with Crippen molar-refractivity contribution in [1.82, 2.24) is 4.90 Å². The third-order valence-corrected chi connectivity index (χ3v) is 4.72. The van der Waals surface area contributed by atoms with Crippen molar-refractivity contribution in [2.75, 3.05) is 32.8 Å². The first-order valence-corrected chi connectivity index (χ1v) is 8.22. The Bertz CT molecular complexity index is 384. The zero-order chi connectivity index (χ0) is 13.8. The lowest BCUT2D eigenvalue weighted by molar-refractivity contribution is -0.105. The van der Waals surface area contributed by atoms with Gasteiger partial charge in [-0.25, -0.2) is 0 Å². The van der Waals surface area contributed by atoms with E-state index in [0.717, 1.165) is 17.2 Å². The molecule has 3 rings (SSSR count). The highest BCUT2D eigenvalue weighted by atomic mass is 35.5. The van der Waals surface area contributed by atoms with Gasteiger partial charge in [0.1, 0.15) is 11.9 Å². The van der Waals surface area contributed by atoms with Crippen molar-refractivity contribution in [3.8, 4) is 0 Å². The number of nitrogens with zero attached hydrogens (tertiary/aromatic N) is 1. The van der Waals surface area contributed by atoms with Crippen LogP contribution in [0.3, 0.4) is 0 Å². The molecule has 4 heteroatoms. The Balaban J connectivity index is 1.38. The lowest BCUT2D eigenvalue weighted by atomic mass is 9.94.